The highest BCUT2D eigenvalue weighted by molar-refractivity contribution is 5.91. The number of rotatable bonds is 3. The van der Waals surface area contributed by atoms with Crippen LogP contribution in [0.1, 0.15) is 25.3 Å². The quantitative estimate of drug-likeness (QED) is 0.695. The molecule has 1 aromatic carbocycles. The summed E-state index contributed by atoms with van der Waals surface area (Å²) in [5.41, 5.74) is 0.610. The van der Waals surface area contributed by atoms with Gasteiger partial charge in [0, 0.05) is 5.92 Å². The number of carbonyl (C=O) groups excluding carboxylic acids is 3. The molecule has 1 saturated heterocycles. The topological polar surface area (TPSA) is 128 Å². The molecule has 3 aliphatic rings. The highest BCUT2D eigenvalue weighted by atomic mass is 16.8. The van der Waals surface area contributed by atoms with E-state index < -0.39 is 54.1 Å². The van der Waals surface area contributed by atoms with Crippen molar-refractivity contribution in [2.24, 2.45) is 0 Å². The molecule has 1 aliphatic carbocycles. The molecule has 0 spiro atoms. The second-order valence-electron chi connectivity index (χ2n) is 7.72. The summed E-state index contributed by atoms with van der Waals surface area (Å²) in [4.78, 5) is 37.4. The van der Waals surface area contributed by atoms with Gasteiger partial charge in [-0.3, -0.25) is 4.79 Å². The number of carbonyl (C=O) groups is 3. The van der Waals surface area contributed by atoms with Crippen molar-refractivity contribution in [2.45, 2.75) is 49.9 Å². The molecule has 1 aromatic rings. The van der Waals surface area contributed by atoms with Crippen molar-refractivity contribution in [1.29, 1.82) is 0 Å². The smallest absolute Gasteiger partial charge is 0.454 e. The highest BCUT2D eigenvalue weighted by Crippen LogP contribution is 2.45. The largest absolute Gasteiger partial charge is 0.508 e. The number of hydrogen-bond donors (Lipinski definition) is 1. The van der Waals surface area contributed by atoms with E-state index in [4.69, 9.17) is 28.4 Å². The first kappa shape index (κ1) is 21.2. The molecule has 31 heavy (non-hydrogen) atoms. The molecule has 2 fully saturated rings. The lowest BCUT2D eigenvalue weighted by atomic mass is 9.73. The van der Waals surface area contributed by atoms with E-state index in [0.717, 1.165) is 7.11 Å². The normalized spacial score (nSPS) is 30.3. The summed E-state index contributed by atoms with van der Waals surface area (Å²) in [6.45, 7) is 3.38. The number of amides is 1. The maximum atomic E-state index is 13.2. The summed E-state index contributed by atoms with van der Waals surface area (Å²) in [5.74, 6) is -1.28. The van der Waals surface area contributed by atoms with E-state index in [2.05, 4.69) is 10.1 Å². The standard InChI is InChI=1S/C20H23NO10/c1-20(2)30-15-12(9-5-6-10-11(7-9)28-8-27-10)13(21-18(23)25-3)16(29-19(24)26-4)17(31-20)14(15)22/h5-7,12-13,15-17H,8H2,1-4H3,(H,21,23)/t12-,13-,15-,16+,17-/m1/s1. The summed E-state index contributed by atoms with van der Waals surface area (Å²) < 4.78 is 37.3. The van der Waals surface area contributed by atoms with Gasteiger partial charge in [0.1, 0.15) is 6.10 Å². The first-order valence-corrected chi connectivity index (χ1v) is 9.62. The van der Waals surface area contributed by atoms with Crippen molar-refractivity contribution in [1.82, 2.24) is 5.32 Å². The van der Waals surface area contributed by atoms with Crippen molar-refractivity contribution < 1.29 is 47.5 Å². The van der Waals surface area contributed by atoms with Gasteiger partial charge < -0.3 is 38.5 Å². The lowest BCUT2D eigenvalue weighted by Crippen LogP contribution is -2.70. The fourth-order valence-corrected chi connectivity index (χ4v) is 4.14. The van der Waals surface area contributed by atoms with Crippen molar-refractivity contribution in [3.63, 3.8) is 0 Å². The van der Waals surface area contributed by atoms with Gasteiger partial charge in [0.15, 0.2) is 35.3 Å². The Morgan fingerprint density at radius 3 is 2.48 bits per heavy atom. The van der Waals surface area contributed by atoms with Crippen molar-refractivity contribution in [3.8, 4) is 11.5 Å². The Morgan fingerprint density at radius 1 is 1.06 bits per heavy atom. The van der Waals surface area contributed by atoms with Crippen molar-refractivity contribution in [3.05, 3.63) is 23.8 Å². The van der Waals surface area contributed by atoms with Crippen molar-refractivity contribution >= 4 is 18.0 Å². The van der Waals surface area contributed by atoms with Gasteiger partial charge in [-0.05, 0) is 31.5 Å². The van der Waals surface area contributed by atoms with E-state index in [1.807, 2.05) is 0 Å². The number of fused-ring (bicyclic) bond motifs is 3. The lowest BCUT2D eigenvalue weighted by molar-refractivity contribution is -0.308. The molecule has 1 saturated carbocycles. The fourth-order valence-electron chi connectivity index (χ4n) is 4.14. The van der Waals surface area contributed by atoms with Crippen LogP contribution in [-0.2, 0) is 28.5 Å². The molecular weight excluding hydrogens is 414 g/mol. The summed E-state index contributed by atoms with van der Waals surface area (Å²) >= 11 is 0. The van der Waals surface area contributed by atoms with Crippen LogP contribution in [0.15, 0.2) is 18.2 Å². The van der Waals surface area contributed by atoms with Gasteiger partial charge in [0.2, 0.25) is 6.79 Å². The molecule has 2 heterocycles. The minimum Gasteiger partial charge on any atom is -0.454 e. The van der Waals surface area contributed by atoms with Crippen LogP contribution >= 0.6 is 0 Å². The van der Waals surface area contributed by atoms with Gasteiger partial charge in [-0.2, -0.15) is 0 Å². The molecule has 1 amide bonds. The van der Waals surface area contributed by atoms with Crippen molar-refractivity contribution in [2.75, 3.05) is 21.0 Å². The van der Waals surface area contributed by atoms with E-state index in [0.29, 0.717) is 17.1 Å². The molecule has 11 heteroatoms. The van der Waals surface area contributed by atoms with Gasteiger partial charge in [-0.1, -0.05) is 6.07 Å². The monoisotopic (exact) mass is 437 g/mol. The molecule has 4 rings (SSSR count). The Balaban J connectivity index is 1.81. The van der Waals surface area contributed by atoms with Gasteiger partial charge in [-0.25, -0.2) is 9.59 Å². The van der Waals surface area contributed by atoms with Crippen LogP contribution in [0, 0.1) is 0 Å². The predicted molar refractivity (Wildman–Crippen MR) is 101 cm³/mol. The first-order valence-electron chi connectivity index (χ1n) is 9.62. The molecule has 1 N–H and O–H groups in total. The number of benzene rings is 1. The molecule has 0 radical (unpaired) electrons. The molecule has 2 bridgehead atoms. The van der Waals surface area contributed by atoms with E-state index in [9.17, 15) is 14.4 Å². The molecule has 11 nitrogen and oxygen atoms in total. The Bertz CT molecular complexity index is 900. The second kappa shape index (κ2) is 7.89. The van der Waals surface area contributed by atoms with Crippen LogP contribution in [-0.4, -0.2) is 69.2 Å². The molecule has 0 unspecified atom stereocenters. The third-order valence-electron chi connectivity index (χ3n) is 5.40. The van der Waals surface area contributed by atoms with Crippen LogP contribution in [0.3, 0.4) is 0 Å². The van der Waals surface area contributed by atoms with Gasteiger partial charge in [0.25, 0.3) is 0 Å². The van der Waals surface area contributed by atoms with Crippen LogP contribution in [0.5, 0.6) is 11.5 Å². The molecule has 5 atom stereocenters. The van der Waals surface area contributed by atoms with Gasteiger partial charge >= 0.3 is 12.2 Å². The Labute approximate surface area is 177 Å². The molecular formula is C20H23NO10. The third kappa shape index (κ3) is 3.86. The predicted octanol–water partition coefficient (Wildman–Crippen LogP) is 1.48. The Hall–Kier alpha value is -3.05. The molecule has 0 aromatic heterocycles. The minimum atomic E-state index is -1.20. The number of alkyl carbamates (subject to hydrolysis) is 1. The zero-order valence-corrected chi connectivity index (χ0v) is 17.4. The maximum absolute atomic E-state index is 13.2. The zero-order valence-electron chi connectivity index (χ0n) is 17.4. The van der Waals surface area contributed by atoms with Crippen LogP contribution < -0.4 is 14.8 Å². The summed E-state index contributed by atoms with van der Waals surface area (Å²) in [5, 5.41) is 2.66. The average molecular weight is 437 g/mol. The van der Waals surface area contributed by atoms with E-state index in [1.54, 1.807) is 32.0 Å². The second-order valence-corrected chi connectivity index (χ2v) is 7.72. The number of hydrogen-bond acceptors (Lipinski definition) is 10. The average Bonchev–Trinajstić information content (AvgIpc) is 3.20. The highest BCUT2D eigenvalue weighted by Gasteiger charge is 2.60. The Morgan fingerprint density at radius 2 is 1.77 bits per heavy atom. The van der Waals surface area contributed by atoms with E-state index in [-0.39, 0.29) is 6.79 Å². The third-order valence-corrected chi connectivity index (χ3v) is 5.40. The number of methoxy groups -OCH3 is 2. The van der Waals surface area contributed by atoms with Crippen LogP contribution in [0.25, 0.3) is 0 Å². The van der Waals surface area contributed by atoms with E-state index >= 15 is 0 Å². The van der Waals surface area contributed by atoms with E-state index in [1.165, 1.54) is 7.11 Å². The van der Waals surface area contributed by atoms with Crippen LogP contribution in [0.2, 0.25) is 0 Å². The van der Waals surface area contributed by atoms with Gasteiger partial charge in [-0.15, -0.1) is 0 Å². The minimum absolute atomic E-state index is 0.0726. The zero-order chi connectivity index (χ0) is 22.3. The number of ketones is 1. The maximum Gasteiger partial charge on any atom is 0.508 e. The number of nitrogens with one attached hydrogen (secondary N) is 1. The van der Waals surface area contributed by atoms with Gasteiger partial charge in [0.05, 0.1) is 20.3 Å². The fraction of sp³-hybridized carbons (Fsp3) is 0.550. The SMILES string of the molecule is COC(=O)N[C@H]1[C@H](OC(=O)OC)[C@@H]2OC(C)(C)O[C@@H](C2=O)[C@@H]1c1ccc2c(c1)OCO2. The van der Waals surface area contributed by atoms with Crippen LogP contribution in [0.4, 0.5) is 9.59 Å². The lowest BCUT2D eigenvalue weighted by Gasteiger charge is -2.51. The molecule has 168 valence electrons. The Kier molecular flexibility index (Phi) is 5.40. The number of ether oxygens (including phenoxy) is 7. The molecule has 2 aliphatic heterocycles. The summed E-state index contributed by atoms with van der Waals surface area (Å²) in [6.07, 6.45) is -5.17. The number of Topliss-reactive ketones (excluding diaryl/α,β-unsaturated/α-hetero) is 1. The summed E-state index contributed by atoms with van der Waals surface area (Å²) in [6, 6.07) is 4.20. The first-order chi connectivity index (χ1) is 14.7. The summed E-state index contributed by atoms with van der Waals surface area (Å²) in [7, 11) is 2.34.